The van der Waals surface area contributed by atoms with E-state index in [0.717, 1.165) is 10.8 Å². The van der Waals surface area contributed by atoms with Crippen LogP contribution in [0, 0.1) is 0 Å². The van der Waals surface area contributed by atoms with Crippen LogP contribution < -0.4 is 0 Å². The van der Waals surface area contributed by atoms with Gasteiger partial charge < -0.3 is 4.74 Å². The Kier molecular flexibility index (Phi) is 3.63. The van der Waals surface area contributed by atoms with Gasteiger partial charge in [0.2, 0.25) is 0 Å². The summed E-state index contributed by atoms with van der Waals surface area (Å²) in [6.07, 6.45) is 0. The lowest BCUT2D eigenvalue weighted by Gasteiger charge is -2.03. The summed E-state index contributed by atoms with van der Waals surface area (Å²) in [4.78, 5) is 23.1. The van der Waals surface area contributed by atoms with Gasteiger partial charge in [-0.05, 0) is 35.9 Å². The van der Waals surface area contributed by atoms with Crippen molar-refractivity contribution in [1.29, 1.82) is 0 Å². The third-order valence-electron chi connectivity index (χ3n) is 2.53. The molecule has 0 spiro atoms. The zero-order valence-electron chi connectivity index (χ0n) is 9.77. The quantitative estimate of drug-likeness (QED) is 0.484. The fourth-order valence-electron chi connectivity index (χ4n) is 1.67. The number of fused-ring (bicyclic) bond motifs is 1. The van der Waals surface area contributed by atoms with Gasteiger partial charge in [0.25, 0.3) is 5.78 Å². The van der Waals surface area contributed by atoms with Gasteiger partial charge in [0.15, 0.2) is 0 Å². The van der Waals surface area contributed by atoms with Gasteiger partial charge in [0, 0.05) is 10.6 Å². The Balaban J connectivity index is 2.38. The standard InChI is InChI=1S/C14H11ClO3/c1-2-18-14(17)13(16)11-4-3-10-8-12(15)6-5-9(10)7-11/h3-8H,2H2,1H3. The topological polar surface area (TPSA) is 43.4 Å². The van der Waals surface area contributed by atoms with Crippen LogP contribution in [0.3, 0.4) is 0 Å². The lowest BCUT2D eigenvalue weighted by atomic mass is 10.0. The monoisotopic (exact) mass is 262 g/mol. The van der Waals surface area contributed by atoms with Crippen molar-refractivity contribution in [3.63, 3.8) is 0 Å². The number of carbonyl (C=O) groups excluding carboxylic acids is 2. The second-order valence-corrected chi connectivity index (χ2v) is 4.19. The Morgan fingerprint density at radius 2 is 1.78 bits per heavy atom. The molecule has 3 nitrogen and oxygen atoms in total. The van der Waals surface area contributed by atoms with E-state index in [1.165, 1.54) is 0 Å². The number of ether oxygens (including phenoxy) is 1. The maximum absolute atomic E-state index is 11.7. The lowest BCUT2D eigenvalue weighted by Crippen LogP contribution is -2.17. The van der Waals surface area contributed by atoms with Gasteiger partial charge in [-0.2, -0.15) is 0 Å². The largest absolute Gasteiger partial charge is 0.460 e. The van der Waals surface area contributed by atoms with Gasteiger partial charge in [-0.1, -0.05) is 29.8 Å². The third-order valence-corrected chi connectivity index (χ3v) is 2.76. The average Bonchev–Trinajstić information content (AvgIpc) is 2.37. The fourth-order valence-corrected chi connectivity index (χ4v) is 1.85. The number of Topliss-reactive ketones (excluding diaryl/α,β-unsaturated/α-hetero) is 1. The van der Waals surface area contributed by atoms with Gasteiger partial charge in [-0.25, -0.2) is 4.79 Å². The van der Waals surface area contributed by atoms with E-state index in [9.17, 15) is 9.59 Å². The normalized spacial score (nSPS) is 10.3. The van der Waals surface area contributed by atoms with Crippen LogP contribution >= 0.6 is 11.6 Å². The molecule has 4 heteroatoms. The van der Waals surface area contributed by atoms with E-state index in [4.69, 9.17) is 11.6 Å². The molecule has 2 aromatic carbocycles. The zero-order chi connectivity index (χ0) is 13.1. The molecule has 0 saturated carbocycles. The van der Waals surface area contributed by atoms with Crippen LogP contribution in [0.1, 0.15) is 17.3 Å². The van der Waals surface area contributed by atoms with E-state index in [0.29, 0.717) is 10.6 Å². The van der Waals surface area contributed by atoms with Crippen molar-refractivity contribution in [2.24, 2.45) is 0 Å². The van der Waals surface area contributed by atoms with Gasteiger partial charge in [-0.3, -0.25) is 4.79 Å². The van der Waals surface area contributed by atoms with Crippen LogP contribution in [0.5, 0.6) is 0 Å². The summed E-state index contributed by atoms with van der Waals surface area (Å²) in [5.74, 6) is -1.46. The molecular weight excluding hydrogens is 252 g/mol. The number of hydrogen-bond acceptors (Lipinski definition) is 3. The highest BCUT2D eigenvalue weighted by molar-refractivity contribution is 6.41. The molecule has 0 amide bonds. The molecule has 2 rings (SSSR count). The minimum atomic E-state index is -0.828. The van der Waals surface area contributed by atoms with Crippen LogP contribution in [0.2, 0.25) is 5.02 Å². The van der Waals surface area contributed by atoms with E-state index < -0.39 is 11.8 Å². The van der Waals surface area contributed by atoms with E-state index >= 15 is 0 Å². The van der Waals surface area contributed by atoms with Crippen LogP contribution in [-0.2, 0) is 9.53 Å². The molecule has 0 bridgehead atoms. The smallest absolute Gasteiger partial charge is 0.379 e. The summed E-state index contributed by atoms with van der Waals surface area (Å²) >= 11 is 5.87. The van der Waals surface area contributed by atoms with Crippen molar-refractivity contribution >= 4 is 34.1 Å². The first-order valence-electron chi connectivity index (χ1n) is 5.52. The molecular formula is C14H11ClO3. The van der Waals surface area contributed by atoms with E-state index in [2.05, 4.69) is 4.74 Å². The molecule has 0 saturated heterocycles. The van der Waals surface area contributed by atoms with Crippen molar-refractivity contribution in [3.8, 4) is 0 Å². The van der Waals surface area contributed by atoms with Gasteiger partial charge in [0.1, 0.15) is 0 Å². The molecule has 0 N–H and O–H groups in total. The van der Waals surface area contributed by atoms with Crippen LogP contribution in [0.15, 0.2) is 36.4 Å². The van der Waals surface area contributed by atoms with Crippen molar-refractivity contribution in [2.45, 2.75) is 6.92 Å². The second-order valence-electron chi connectivity index (χ2n) is 3.76. The van der Waals surface area contributed by atoms with Gasteiger partial charge in [-0.15, -0.1) is 0 Å². The minimum Gasteiger partial charge on any atom is -0.460 e. The van der Waals surface area contributed by atoms with Gasteiger partial charge in [0.05, 0.1) is 6.61 Å². The number of hydrogen-bond donors (Lipinski definition) is 0. The molecule has 18 heavy (non-hydrogen) atoms. The number of esters is 1. The average molecular weight is 263 g/mol. The Labute approximate surface area is 109 Å². The minimum absolute atomic E-state index is 0.188. The molecule has 0 aliphatic heterocycles. The number of ketones is 1. The molecule has 0 unspecified atom stereocenters. The predicted octanol–water partition coefficient (Wildman–Crippen LogP) is 3.24. The van der Waals surface area contributed by atoms with E-state index in [1.54, 1.807) is 43.3 Å². The summed E-state index contributed by atoms with van der Waals surface area (Å²) < 4.78 is 4.68. The summed E-state index contributed by atoms with van der Waals surface area (Å²) in [7, 11) is 0. The number of halogens is 1. The molecule has 2 aromatic rings. The van der Waals surface area contributed by atoms with Crippen LogP contribution in [-0.4, -0.2) is 18.4 Å². The first kappa shape index (κ1) is 12.6. The zero-order valence-corrected chi connectivity index (χ0v) is 10.5. The molecule has 0 heterocycles. The summed E-state index contributed by atoms with van der Waals surface area (Å²) in [6.45, 7) is 1.85. The number of carbonyl (C=O) groups is 2. The van der Waals surface area contributed by atoms with Crippen molar-refractivity contribution in [3.05, 3.63) is 47.0 Å². The highest BCUT2D eigenvalue weighted by atomic mass is 35.5. The van der Waals surface area contributed by atoms with Crippen LogP contribution in [0.25, 0.3) is 10.8 Å². The fraction of sp³-hybridized carbons (Fsp3) is 0.143. The van der Waals surface area contributed by atoms with Gasteiger partial charge >= 0.3 is 5.97 Å². The number of benzene rings is 2. The van der Waals surface area contributed by atoms with Crippen molar-refractivity contribution in [2.75, 3.05) is 6.61 Å². The summed E-state index contributed by atoms with van der Waals surface area (Å²) in [5, 5.41) is 2.41. The highest BCUT2D eigenvalue weighted by Crippen LogP contribution is 2.20. The Morgan fingerprint density at radius 1 is 1.11 bits per heavy atom. The van der Waals surface area contributed by atoms with E-state index in [-0.39, 0.29) is 6.61 Å². The maximum Gasteiger partial charge on any atom is 0.379 e. The first-order chi connectivity index (χ1) is 8.61. The predicted molar refractivity (Wildman–Crippen MR) is 69.9 cm³/mol. The molecule has 0 fully saturated rings. The second kappa shape index (κ2) is 5.19. The van der Waals surface area contributed by atoms with Crippen LogP contribution in [0.4, 0.5) is 0 Å². The molecule has 92 valence electrons. The Bertz CT molecular complexity index is 619. The SMILES string of the molecule is CCOC(=O)C(=O)c1ccc2cc(Cl)ccc2c1. The first-order valence-corrected chi connectivity index (χ1v) is 5.90. The summed E-state index contributed by atoms with van der Waals surface area (Å²) in [6, 6.07) is 10.4. The number of rotatable bonds is 3. The lowest BCUT2D eigenvalue weighted by molar-refractivity contribution is -0.137. The molecule has 0 radical (unpaired) electrons. The highest BCUT2D eigenvalue weighted by Gasteiger charge is 2.17. The Morgan fingerprint density at radius 3 is 2.50 bits per heavy atom. The summed E-state index contributed by atoms with van der Waals surface area (Å²) in [5.41, 5.74) is 0.322. The molecule has 0 aliphatic rings. The third kappa shape index (κ3) is 2.51. The molecule has 0 aliphatic carbocycles. The maximum atomic E-state index is 11.7. The van der Waals surface area contributed by atoms with Crippen molar-refractivity contribution < 1.29 is 14.3 Å². The Hall–Kier alpha value is -1.87. The van der Waals surface area contributed by atoms with E-state index in [1.807, 2.05) is 0 Å². The van der Waals surface area contributed by atoms with Crippen molar-refractivity contribution in [1.82, 2.24) is 0 Å². The molecule has 0 atom stereocenters. The molecule has 0 aromatic heterocycles.